The number of carbonyl (C=O) groups excluding carboxylic acids is 1. The quantitative estimate of drug-likeness (QED) is 0.660. The summed E-state index contributed by atoms with van der Waals surface area (Å²) in [5.74, 6) is -1.29. The molecular formula is C15H20N2O3S. The van der Waals surface area contributed by atoms with Crippen LogP contribution in [0, 0.1) is 0 Å². The van der Waals surface area contributed by atoms with Crippen LogP contribution in [0.5, 0.6) is 0 Å². The van der Waals surface area contributed by atoms with Gasteiger partial charge in [0.1, 0.15) is 10.6 Å². The number of carboxylic acid groups (broad SMARTS) is 1. The summed E-state index contributed by atoms with van der Waals surface area (Å²) in [4.78, 5) is 28.4. The molecule has 6 heteroatoms. The van der Waals surface area contributed by atoms with Crippen molar-refractivity contribution in [2.45, 2.75) is 49.1 Å². The highest BCUT2D eigenvalue weighted by Gasteiger charge is 2.40. The molecule has 2 N–H and O–H groups in total. The molecule has 0 bridgehead atoms. The van der Waals surface area contributed by atoms with E-state index >= 15 is 0 Å². The Morgan fingerprint density at radius 2 is 1.95 bits per heavy atom. The van der Waals surface area contributed by atoms with Crippen molar-refractivity contribution in [1.29, 1.82) is 0 Å². The van der Waals surface area contributed by atoms with Gasteiger partial charge in [-0.2, -0.15) is 0 Å². The van der Waals surface area contributed by atoms with Crippen LogP contribution in [0.3, 0.4) is 0 Å². The second kappa shape index (κ2) is 6.93. The van der Waals surface area contributed by atoms with Crippen molar-refractivity contribution >= 4 is 23.6 Å². The van der Waals surface area contributed by atoms with Gasteiger partial charge in [0.05, 0.1) is 5.56 Å². The van der Waals surface area contributed by atoms with Gasteiger partial charge in [0.2, 0.25) is 0 Å². The average Bonchev–Trinajstić information content (AvgIpc) is 2.73. The highest BCUT2D eigenvalue weighted by Crippen LogP contribution is 2.28. The fourth-order valence-electron chi connectivity index (χ4n) is 2.74. The Morgan fingerprint density at radius 3 is 2.52 bits per heavy atom. The first-order valence-electron chi connectivity index (χ1n) is 7.14. The van der Waals surface area contributed by atoms with E-state index in [1.165, 1.54) is 11.8 Å². The molecule has 21 heavy (non-hydrogen) atoms. The number of hydrogen-bond acceptors (Lipinski definition) is 4. The number of pyridine rings is 1. The molecular weight excluding hydrogens is 288 g/mol. The van der Waals surface area contributed by atoms with Gasteiger partial charge in [-0.3, -0.25) is 4.79 Å². The number of carboxylic acids is 1. The normalized spacial score (nSPS) is 17.8. The number of amides is 1. The number of hydrogen-bond donors (Lipinski definition) is 2. The van der Waals surface area contributed by atoms with E-state index in [1.54, 1.807) is 18.3 Å². The van der Waals surface area contributed by atoms with Crippen LogP contribution < -0.4 is 5.32 Å². The van der Waals surface area contributed by atoms with Crippen molar-refractivity contribution in [1.82, 2.24) is 10.3 Å². The molecule has 1 amide bonds. The first-order chi connectivity index (χ1) is 10.1. The summed E-state index contributed by atoms with van der Waals surface area (Å²) in [5.41, 5.74) is -0.700. The maximum absolute atomic E-state index is 12.5. The van der Waals surface area contributed by atoms with Crippen molar-refractivity contribution in [3.63, 3.8) is 0 Å². The molecule has 2 rings (SSSR count). The standard InChI is InChI=1S/C15H20N2O3S/c1-21-13-11(7-6-10-16-13)12(18)17-15(14(19)20)8-4-2-3-5-9-15/h6-7,10H,2-5,8-9H2,1H3,(H,17,18)(H,19,20). The second-order valence-corrected chi connectivity index (χ2v) is 6.11. The summed E-state index contributed by atoms with van der Waals surface area (Å²) in [6, 6.07) is 3.37. The lowest BCUT2D eigenvalue weighted by atomic mass is 9.90. The Hall–Kier alpha value is -1.56. The van der Waals surface area contributed by atoms with Gasteiger partial charge in [-0.15, -0.1) is 11.8 Å². The van der Waals surface area contributed by atoms with Crippen LogP contribution in [0.4, 0.5) is 0 Å². The average molecular weight is 308 g/mol. The van der Waals surface area contributed by atoms with E-state index in [1.807, 2.05) is 6.26 Å². The molecule has 1 saturated carbocycles. The van der Waals surface area contributed by atoms with Crippen LogP contribution in [0.15, 0.2) is 23.4 Å². The lowest BCUT2D eigenvalue weighted by molar-refractivity contribution is -0.145. The van der Waals surface area contributed by atoms with E-state index in [2.05, 4.69) is 10.3 Å². The molecule has 1 aromatic heterocycles. The number of carbonyl (C=O) groups is 2. The first kappa shape index (κ1) is 15.8. The molecule has 0 saturated heterocycles. The van der Waals surface area contributed by atoms with Crippen LogP contribution >= 0.6 is 11.8 Å². The Morgan fingerprint density at radius 1 is 1.29 bits per heavy atom. The van der Waals surface area contributed by atoms with Crippen LogP contribution in [0.2, 0.25) is 0 Å². The van der Waals surface area contributed by atoms with Gasteiger partial charge < -0.3 is 10.4 Å². The van der Waals surface area contributed by atoms with Crippen molar-refractivity contribution < 1.29 is 14.7 Å². The van der Waals surface area contributed by atoms with Gasteiger partial charge in [0.25, 0.3) is 5.91 Å². The third-order valence-electron chi connectivity index (χ3n) is 3.93. The monoisotopic (exact) mass is 308 g/mol. The van der Waals surface area contributed by atoms with Gasteiger partial charge in [-0.05, 0) is 31.2 Å². The Labute approximate surface area is 128 Å². The summed E-state index contributed by atoms with van der Waals surface area (Å²) in [5, 5.41) is 13.0. The fraction of sp³-hybridized carbons (Fsp3) is 0.533. The molecule has 0 aromatic carbocycles. The lowest BCUT2D eigenvalue weighted by Gasteiger charge is -2.29. The summed E-state index contributed by atoms with van der Waals surface area (Å²) in [6.45, 7) is 0. The molecule has 0 aliphatic heterocycles. The molecule has 5 nitrogen and oxygen atoms in total. The molecule has 1 aliphatic rings. The highest BCUT2D eigenvalue weighted by atomic mass is 32.2. The molecule has 1 fully saturated rings. The van der Waals surface area contributed by atoms with Crippen molar-refractivity contribution in [2.75, 3.05) is 6.26 Å². The molecule has 1 aliphatic carbocycles. The number of rotatable bonds is 4. The molecule has 1 heterocycles. The Bertz CT molecular complexity index is 525. The van der Waals surface area contributed by atoms with Crippen molar-refractivity contribution in [2.24, 2.45) is 0 Å². The molecule has 1 aromatic rings. The molecule has 0 atom stereocenters. The topological polar surface area (TPSA) is 79.3 Å². The first-order valence-corrected chi connectivity index (χ1v) is 8.36. The van der Waals surface area contributed by atoms with Gasteiger partial charge >= 0.3 is 5.97 Å². The van der Waals surface area contributed by atoms with Crippen molar-refractivity contribution in [3.05, 3.63) is 23.9 Å². The Balaban J connectivity index is 2.24. The minimum atomic E-state index is -1.14. The number of aliphatic carboxylic acids is 1. The predicted molar refractivity (Wildman–Crippen MR) is 81.6 cm³/mol. The minimum Gasteiger partial charge on any atom is -0.480 e. The van der Waals surface area contributed by atoms with Gasteiger partial charge in [0.15, 0.2) is 0 Å². The molecule has 0 spiro atoms. The maximum atomic E-state index is 12.5. The van der Waals surface area contributed by atoms with E-state index in [-0.39, 0.29) is 5.91 Å². The predicted octanol–water partition coefficient (Wildman–Crippen LogP) is 2.71. The molecule has 114 valence electrons. The number of thioether (sulfide) groups is 1. The van der Waals surface area contributed by atoms with Crippen LogP contribution in [-0.2, 0) is 4.79 Å². The zero-order valence-electron chi connectivity index (χ0n) is 12.1. The van der Waals surface area contributed by atoms with Gasteiger partial charge in [0, 0.05) is 6.20 Å². The smallest absolute Gasteiger partial charge is 0.329 e. The minimum absolute atomic E-state index is 0.350. The Kier molecular flexibility index (Phi) is 5.22. The maximum Gasteiger partial charge on any atom is 0.329 e. The SMILES string of the molecule is CSc1ncccc1C(=O)NC1(C(=O)O)CCCCCC1. The summed E-state index contributed by atoms with van der Waals surface area (Å²) >= 11 is 1.38. The zero-order valence-corrected chi connectivity index (χ0v) is 12.9. The lowest BCUT2D eigenvalue weighted by Crippen LogP contribution is -2.54. The number of aromatic nitrogens is 1. The van der Waals surface area contributed by atoms with E-state index in [0.29, 0.717) is 23.4 Å². The third-order valence-corrected chi connectivity index (χ3v) is 4.64. The molecule has 0 unspecified atom stereocenters. The molecule has 0 radical (unpaired) electrons. The largest absolute Gasteiger partial charge is 0.480 e. The highest BCUT2D eigenvalue weighted by molar-refractivity contribution is 7.98. The zero-order chi connectivity index (χ0) is 15.3. The van der Waals surface area contributed by atoms with Crippen LogP contribution in [0.25, 0.3) is 0 Å². The van der Waals surface area contributed by atoms with Crippen LogP contribution in [-0.4, -0.2) is 33.8 Å². The summed E-state index contributed by atoms with van der Waals surface area (Å²) in [6.07, 6.45) is 8.15. The van der Waals surface area contributed by atoms with Gasteiger partial charge in [-0.1, -0.05) is 25.7 Å². The van der Waals surface area contributed by atoms with E-state index in [4.69, 9.17) is 0 Å². The fourth-order valence-corrected chi connectivity index (χ4v) is 3.28. The van der Waals surface area contributed by atoms with Crippen molar-refractivity contribution in [3.8, 4) is 0 Å². The van der Waals surface area contributed by atoms with Crippen LogP contribution in [0.1, 0.15) is 48.9 Å². The summed E-state index contributed by atoms with van der Waals surface area (Å²) in [7, 11) is 0. The van der Waals surface area contributed by atoms with E-state index in [9.17, 15) is 14.7 Å². The van der Waals surface area contributed by atoms with E-state index in [0.717, 1.165) is 25.7 Å². The van der Waals surface area contributed by atoms with E-state index < -0.39 is 11.5 Å². The third kappa shape index (κ3) is 3.56. The number of nitrogens with one attached hydrogen (secondary N) is 1. The number of nitrogens with zero attached hydrogens (tertiary/aromatic N) is 1. The van der Waals surface area contributed by atoms with Gasteiger partial charge in [-0.25, -0.2) is 9.78 Å². The second-order valence-electron chi connectivity index (χ2n) is 5.32. The summed E-state index contributed by atoms with van der Waals surface area (Å²) < 4.78 is 0.